The lowest BCUT2D eigenvalue weighted by molar-refractivity contribution is -0.384. The molecule has 0 radical (unpaired) electrons. The van der Waals surface area contributed by atoms with Gasteiger partial charge in [-0.2, -0.15) is 0 Å². The summed E-state index contributed by atoms with van der Waals surface area (Å²) in [6, 6.07) is 22.7. The monoisotopic (exact) mass is 420 g/mol. The Balaban J connectivity index is 1.63. The SMILES string of the molecule is O=[N+]([O-])c1ccc(CSc2nnc(-c3ccccc3F)n2Cc2ccccc2)cc1. The van der Waals surface area contributed by atoms with Crippen LogP contribution >= 0.6 is 11.8 Å². The topological polar surface area (TPSA) is 73.8 Å². The highest BCUT2D eigenvalue weighted by Gasteiger charge is 2.17. The van der Waals surface area contributed by atoms with Gasteiger partial charge in [0.25, 0.3) is 5.69 Å². The third-order valence-corrected chi connectivity index (χ3v) is 5.57. The minimum atomic E-state index is -0.423. The normalized spacial score (nSPS) is 10.8. The van der Waals surface area contributed by atoms with E-state index in [0.717, 1.165) is 11.1 Å². The van der Waals surface area contributed by atoms with Gasteiger partial charge in [0, 0.05) is 17.9 Å². The average molecular weight is 420 g/mol. The van der Waals surface area contributed by atoms with Crippen molar-refractivity contribution in [2.45, 2.75) is 17.5 Å². The second-order valence-electron chi connectivity index (χ2n) is 6.57. The number of nitrogens with zero attached hydrogens (tertiary/aromatic N) is 4. The first-order valence-corrected chi connectivity index (χ1v) is 10.2. The lowest BCUT2D eigenvalue weighted by atomic mass is 10.2. The van der Waals surface area contributed by atoms with Gasteiger partial charge in [0.2, 0.25) is 0 Å². The van der Waals surface area contributed by atoms with Gasteiger partial charge in [-0.15, -0.1) is 10.2 Å². The van der Waals surface area contributed by atoms with Gasteiger partial charge in [-0.05, 0) is 23.3 Å². The van der Waals surface area contributed by atoms with Crippen LogP contribution in [0.3, 0.4) is 0 Å². The van der Waals surface area contributed by atoms with Gasteiger partial charge in [-0.3, -0.25) is 14.7 Å². The molecule has 150 valence electrons. The van der Waals surface area contributed by atoms with Crippen LogP contribution in [-0.2, 0) is 12.3 Å². The second-order valence-corrected chi connectivity index (χ2v) is 7.51. The van der Waals surface area contributed by atoms with E-state index in [2.05, 4.69) is 10.2 Å². The van der Waals surface area contributed by atoms with Gasteiger partial charge in [0.15, 0.2) is 11.0 Å². The molecule has 1 heterocycles. The number of nitro groups is 1. The van der Waals surface area contributed by atoms with Crippen LogP contribution in [0.2, 0.25) is 0 Å². The molecule has 0 aliphatic heterocycles. The Hall–Kier alpha value is -3.52. The van der Waals surface area contributed by atoms with Crippen LogP contribution in [0, 0.1) is 15.9 Å². The fourth-order valence-electron chi connectivity index (χ4n) is 3.01. The molecule has 0 saturated heterocycles. The highest BCUT2D eigenvalue weighted by Crippen LogP contribution is 2.29. The van der Waals surface area contributed by atoms with Gasteiger partial charge >= 0.3 is 0 Å². The summed E-state index contributed by atoms with van der Waals surface area (Å²) in [5.74, 6) is 0.664. The number of hydrogen-bond donors (Lipinski definition) is 0. The molecule has 0 saturated carbocycles. The summed E-state index contributed by atoms with van der Waals surface area (Å²) in [6.45, 7) is 0.500. The molecular weight excluding hydrogens is 403 g/mol. The fourth-order valence-corrected chi connectivity index (χ4v) is 3.90. The maximum absolute atomic E-state index is 14.4. The molecule has 0 spiro atoms. The lowest BCUT2D eigenvalue weighted by Gasteiger charge is -2.11. The molecule has 1 aromatic heterocycles. The van der Waals surface area contributed by atoms with E-state index in [0.29, 0.717) is 28.8 Å². The number of benzene rings is 3. The van der Waals surface area contributed by atoms with Crippen LogP contribution in [0.15, 0.2) is 84.0 Å². The van der Waals surface area contributed by atoms with Gasteiger partial charge < -0.3 is 0 Å². The summed E-state index contributed by atoms with van der Waals surface area (Å²) >= 11 is 1.45. The first-order chi connectivity index (χ1) is 14.6. The first-order valence-electron chi connectivity index (χ1n) is 9.20. The van der Waals surface area contributed by atoms with Crippen LogP contribution in [-0.4, -0.2) is 19.7 Å². The molecule has 0 aliphatic carbocycles. The zero-order valence-corrected chi connectivity index (χ0v) is 16.6. The summed E-state index contributed by atoms with van der Waals surface area (Å²) < 4.78 is 16.3. The molecule has 30 heavy (non-hydrogen) atoms. The molecule has 0 bridgehead atoms. The first kappa shape index (κ1) is 19.8. The number of nitro benzene ring substituents is 1. The van der Waals surface area contributed by atoms with Gasteiger partial charge in [-0.25, -0.2) is 4.39 Å². The maximum Gasteiger partial charge on any atom is 0.269 e. The number of hydrogen-bond acceptors (Lipinski definition) is 5. The molecule has 3 aromatic carbocycles. The van der Waals surface area contributed by atoms with E-state index in [1.807, 2.05) is 34.9 Å². The largest absolute Gasteiger partial charge is 0.297 e. The Labute approximate surface area is 176 Å². The van der Waals surface area contributed by atoms with E-state index < -0.39 is 4.92 Å². The quantitative estimate of drug-likeness (QED) is 0.229. The van der Waals surface area contributed by atoms with E-state index in [1.54, 1.807) is 30.3 Å². The number of halogens is 1. The third-order valence-electron chi connectivity index (χ3n) is 4.53. The predicted octanol–water partition coefficient (Wildman–Crippen LogP) is 5.33. The minimum Gasteiger partial charge on any atom is -0.297 e. The van der Waals surface area contributed by atoms with Gasteiger partial charge in [0.1, 0.15) is 5.82 Å². The van der Waals surface area contributed by atoms with Crippen LogP contribution in [0.25, 0.3) is 11.4 Å². The van der Waals surface area contributed by atoms with Crippen molar-refractivity contribution in [2.24, 2.45) is 0 Å². The molecule has 0 N–H and O–H groups in total. The summed E-state index contributed by atoms with van der Waals surface area (Å²) in [6.07, 6.45) is 0. The molecule has 4 aromatic rings. The van der Waals surface area contributed by atoms with Crippen molar-refractivity contribution < 1.29 is 9.31 Å². The highest BCUT2D eigenvalue weighted by atomic mass is 32.2. The summed E-state index contributed by atoms with van der Waals surface area (Å²) in [4.78, 5) is 10.4. The fraction of sp³-hybridized carbons (Fsp3) is 0.0909. The maximum atomic E-state index is 14.4. The Morgan fingerprint density at radius 3 is 2.30 bits per heavy atom. The summed E-state index contributed by atoms with van der Waals surface area (Å²) in [5, 5.41) is 20.0. The Morgan fingerprint density at radius 1 is 0.900 bits per heavy atom. The van der Waals surface area contributed by atoms with Crippen molar-refractivity contribution in [3.8, 4) is 11.4 Å². The molecule has 0 amide bonds. The van der Waals surface area contributed by atoms with Crippen LogP contribution in [0.5, 0.6) is 0 Å². The molecule has 0 fully saturated rings. The second kappa shape index (κ2) is 8.87. The van der Waals surface area contributed by atoms with E-state index in [9.17, 15) is 14.5 Å². The number of aromatic nitrogens is 3. The van der Waals surface area contributed by atoms with Gasteiger partial charge in [-0.1, -0.05) is 66.4 Å². The molecule has 0 unspecified atom stereocenters. The van der Waals surface area contributed by atoms with Crippen LogP contribution < -0.4 is 0 Å². The van der Waals surface area contributed by atoms with Crippen LogP contribution in [0.4, 0.5) is 10.1 Å². The average Bonchev–Trinajstić information content (AvgIpc) is 3.15. The third kappa shape index (κ3) is 4.38. The highest BCUT2D eigenvalue weighted by molar-refractivity contribution is 7.98. The summed E-state index contributed by atoms with van der Waals surface area (Å²) in [5.41, 5.74) is 2.42. The molecule has 8 heteroatoms. The van der Waals surface area contributed by atoms with Crippen LogP contribution in [0.1, 0.15) is 11.1 Å². The van der Waals surface area contributed by atoms with E-state index in [1.165, 1.54) is 30.0 Å². The van der Waals surface area contributed by atoms with Crippen molar-refractivity contribution in [3.63, 3.8) is 0 Å². The van der Waals surface area contributed by atoms with Crippen molar-refractivity contribution in [1.29, 1.82) is 0 Å². The molecule has 4 rings (SSSR count). The number of non-ortho nitro benzene ring substituents is 1. The van der Waals surface area contributed by atoms with E-state index in [-0.39, 0.29) is 11.5 Å². The Morgan fingerprint density at radius 2 is 1.60 bits per heavy atom. The smallest absolute Gasteiger partial charge is 0.269 e. The van der Waals surface area contributed by atoms with Crippen molar-refractivity contribution >= 4 is 17.4 Å². The number of thioether (sulfide) groups is 1. The molecule has 6 nitrogen and oxygen atoms in total. The molecule has 0 atom stereocenters. The van der Waals surface area contributed by atoms with Crippen molar-refractivity contribution in [1.82, 2.24) is 14.8 Å². The zero-order valence-electron chi connectivity index (χ0n) is 15.8. The van der Waals surface area contributed by atoms with E-state index in [4.69, 9.17) is 0 Å². The van der Waals surface area contributed by atoms with E-state index >= 15 is 0 Å². The Bertz CT molecular complexity index is 1160. The van der Waals surface area contributed by atoms with Crippen molar-refractivity contribution in [3.05, 3.63) is 106 Å². The standard InChI is InChI=1S/C22H17FN4O2S/c23-20-9-5-4-8-19(20)21-24-25-22(26(21)14-16-6-2-1-3-7-16)30-15-17-10-12-18(13-11-17)27(28)29/h1-13H,14-15H2. The molecular formula is C22H17FN4O2S. The Kier molecular flexibility index (Phi) is 5.85. The minimum absolute atomic E-state index is 0.0535. The van der Waals surface area contributed by atoms with Gasteiger partial charge in [0.05, 0.1) is 17.0 Å². The molecule has 0 aliphatic rings. The number of rotatable bonds is 7. The predicted molar refractivity (Wildman–Crippen MR) is 114 cm³/mol. The summed E-state index contributed by atoms with van der Waals surface area (Å²) in [7, 11) is 0. The van der Waals surface area contributed by atoms with Crippen molar-refractivity contribution in [2.75, 3.05) is 0 Å². The zero-order chi connectivity index (χ0) is 20.9. The lowest BCUT2D eigenvalue weighted by Crippen LogP contribution is -2.05.